The van der Waals surface area contributed by atoms with Gasteiger partial charge in [-0.15, -0.1) is 0 Å². The van der Waals surface area contributed by atoms with Crippen molar-refractivity contribution in [3.05, 3.63) is 0 Å². The molecule has 0 bridgehead atoms. The Bertz CT molecular complexity index is 622. The van der Waals surface area contributed by atoms with Crippen molar-refractivity contribution in [2.24, 2.45) is 34.5 Å². The van der Waals surface area contributed by atoms with E-state index in [0.29, 0.717) is 11.8 Å². The number of esters is 2. The normalized spacial score (nSPS) is 10.7. The minimum absolute atomic E-state index is 0. The SMILES string of the molecule is C.CC(C)=O.CC(C)C(C)C.COC(=O)C(C)(C)C(C)C.COC(=O)C(C)(C)C(C)C.CS(C)(=O)=O. The summed E-state index contributed by atoms with van der Waals surface area (Å²) in [5.41, 5.74) is -0.705. The topological polar surface area (TPSA) is 104 Å². The van der Waals surface area contributed by atoms with Crippen LogP contribution in [0.25, 0.3) is 0 Å². The second-order valence-corrected chi connectivity index (χ2v) is 13.6. The molecular formula is C28H62O7S. The first-order chi connectivity index (χ1) is 15.2. The Kier molecular flexibility index (Phi) is 30.1. The first-order valence-corrected chi connectivity index (χ1v) is 14.3. The van der Waals surface area contributed by atoms with Gasteiger partial charge in [-0.2, -0.15) is 0 Å². The average molecular weight is 543 g/mol. The molecule has 0 aromatic heterocycles. The number of hydrogen-bond acceptors (Lipinski definition) is 7. The first-order valence-electron chi connectivity index (χ1n) is 12.0. The van der Waals surface area contributed by atoms with E-state index in [1.54, 1.807) is 0 Å². The van der Waals surface area contributed by atoms with Crippen molar-refractivity contribution < 1.29 is 32.3 Å². The monoisotopic (exact) mass is 542 g/mol. The highest BCUT2D eigenvalue weighted by atomic mass is 32.2. The summed E-state index contributed by atoms with van der Waals surface area (Å²) in [6.45, 7) is 27.6. The van der Waals surface area contributed by atoms with E-state index in [1.807, 2.05) is 55.4 Å². The lowest BCUT2D eigenvalue weighted by molar-refractivity contribution is -0.154. The Labute approximate surface area is 225 Å². The van der Waals surface area contributed by atoms with Crippen molar-refractivity contribution in [1.82, 2.24) is 0 Å². The molecule has 0 radical (unpaired) electrons. The van der Waals surface area contributed by atoms with Crippen molar-refractivity contribution >= 4 is 27.6 Å². The Morgan fingerprint density at radius 2 is 0.750 bits per heavy atom. The summed E-state index contributed by atoms with van der Waals surface area (Å²) in [5.74, 6) is 2.24. The van der Waals surface area contributed by atoms with Crippen molar-refractivity contribution in [2.45, 2.75) is 104 Å². The van der Waals surface area contributed by atoms with Crippen molar-refractivity contribution in [1.29, 1.82) is 0 Å². The van der Waals surface area contributed by atoms with Gasteiger partial charge in [-0.05, 0) is 65.2 Å². The zero-order chi connectivity index (χ0) is 30.0. The van der Waals surface area contributed by atoms with Gasteiger partial charge >= 0.3 is 11.9 Å². The number of carbonyl (C=O) groups is 3. The Balaban J connectivity index is -0.0000000811. The zero-order valence-electron chi connectivity index (χ0n) is 26.1. The summed E-state index contributed by atoms with van der Waals surface area (Å²) in [6.07, 6.45) is 2.32. The fourth-order valence-corrected chi connectivity index (χ4v) is 0.998. The van der Waals surface area contributed by atoms with Crippen LogP contribution in [0.2, 0.25) is 0 Å². The molecule has 0 unspecified atom stereocenters. The Morgan fingerprint density at radius 3 is 0.778 bits per heavy atom. The van der Waals surface area contributed by atoms with Crippen LogP contribution in [-0.4, -0.2) is 52.9 Å². The van der Waals surface area contributed by atoms with Crippen LogP contribution in [0.5, 0.6) is 0 Å². The molecule has 0 spiro atoms. The molecule has 0 aliphatic carbocycles. The maximum absolute atomic E-state index is 11.1. The molecule has 0 aromatic rings. The summed E-state index contributed by atoms with van der Waals surface area (Å²) < 4.78 is 28.5. The van der Waals surface area contributed by atoms with Crippen LogP contribution in [-0.2, 0) is 33.7 Å². The summed E-state index contributed by atoms with van der Waals surface area (Å²) >= 11 is 0. The van der Waals surface area contributed by atoms with Gasteiger partial charge in [0.05, 0.1) is 25.0 Å². The average Bonchev–Trinajstić information content (AvgIpc) is 2.65. The summed E-state index contributed by atoms with van der Waals surface area (Å²) in [7, 11) is 0.179. The van der Waals surface area contributed by atoms with Gasteiger partial charge in [-0.1, -0.05) is 62.8 Å². The molecule has 222 valence electrons. The minimum Gasteiger partial charge on any atom is -0.469 e. The minimum atomic E-state index is -2.67. The van der Waals surface area contributed by atoms with Gasteiger partial charge in [0.2, 0.25) is 0 Å². The van der Waals surface area contributed by atoms with Gasteiger partial charge < -0.3 is 14.3 Å². The van der Waals surface area contributed by atoms with Crippen LogP contribution in [0.15, 0.2) is 0 Å². The zero-order valence-corrected chi connectivity index (χ0v) is 26.9. The van der Waals surface area contributed by atoms with Crippen molar-refractivity contribution in [3.8, 4) is 0 Å². The van der Waals surface area contributed by atoms with Gasteiger partial charge in [0.1, 0.15) is 15.6 Å². The molecule has 0 amide bonds. The highest BCUT2D eigenvalue weighted by Crippen LogP contribution is 2.27. The lowest BCUT2D eigenvalue weighted by Crippen LogP contribution is -2.30. The lowest BCUT2D eigenvalue weighted by atomic mass is 9.81. The van der Waals surface area contributed by atoms with Crippen LogP contribution in [0.1, 0.15) is 104 Å². The summed E-state index contributed by atoms with van der Waals surface area (Å²) in [6, 6.07) is 0. The number of ketones is 1. The number of ether oxygens (including phenoxy) is 2. The second-order valence-electron chi connectivity index (χ2n) is 11.3. The maximum atomic E-state index is 11.1. The Hall–Kier alpha value is -1.44. The summed E-state index contributed by atoms with van der Waals surface area (Å²) in [5, 5.41) is 0. The van der Waals surface area contributed by atoms with E-state index in [-0.39, 0.29) is 36.0 Å². The lowest BCUT2D eigenvalue weighted by Gasteiger charge is -2.25. The number of methoxy groups -OCH3 is 2. The second kappa shape index (κ2) is 22.7. The predicted octanol–water partition coefficient (Wildman–Crippen LogP) is 6.87. The molecule has 0 aliphatic heterocycles. The predicted molar refractivity (Wildman–Crippen MR) is 155 cm³/mol. The molecule has 0 saturated carbocycles. The van der Waals surface area contributed by atoms with E-state index < -0.39 is 9.84 Å². The van der Waals surface area contributed by atoms with Gasteiger partial charge in [0.25, 0.3) is 0 Å². The molecule has 0 atom stereocenters. The highest BCUT2D eigenvalue weighted by Gasteiger charge is 2.32. The number of rotatable bonds is 5. The van der Waals surface area contributed by atoms with Crippen LogP contribution in [0.4, 0.5) is 0 Å². The van der Waals surface area contributed by atoms with E-state index >= 15 is 0 Å². The summed E-state index contributed by atoms with van der Waals surface area (Å²) in [4.78, 5) is 31.6. The van der Waals surface area contributed by atoms with Gasteiger partial charge in [0, 0.05) is 12.5 Å². The van der Waals surface area contributed by atoms with Crippen LogP contribution in [0.3, 0.4) is 0 Å². The molecule has 0 heterocycles. The van der Waals surface area contributed by atoms with Gasteiger partial charge in [-0.3, -0.25) is 9.59 Å². The molecule has 0 saturated heterocycles. The third-order valence-electron chi connectivity index (χ3n) is 5.64. The molecule has 8 heteroatoms. The fourth-order valence-electron chi connectivity index (χ4n) is 0.998. The standard InChI is InChI=1S/2C8H16O2.C6H14.C3H6O.C2H6O2S.CH4/c2*1-6(2)8(3,4)7(9)10-5;1-5(2)6(3)4;1-3(2)4;1-5(2,3)4;/h2*6H,1-5H3;5-6H,1-4H3;1-2H3;1-2H3;1H4. The smallest absolute Gasteiger partial charge is 0.311 e. The fraction of sp³-hybridized carbons (Fsp3) is 0.893. The molecule has 0 aliphatic rings. The van der Waals surface area contributed by atoms with E-state index in [0.717, 1.165) is 24.3 Å². The molecule has 36 heavy (non-hydrogen) atoms. The Morgan fingerprint density at radius 1 is 0.611 bits per heavy atom. The number of Topliss-reactive ketones (excluding diaryl/α,β-unsaturated/α-hetero) is 1. The van der Waals surface area contributed by atoms with Crippen molar-refractivity contribution in [3.63, 3.8) is 0 Å². The van der Waals surface area contributed by atoms with Gasteiger partial charge in [-0.25, -0.2) is 8.42 Å². The van der Waals surface area contributed by atoms with E-state index in [1.165, 1.54) is 28.1 Å². The van der Waals surface area contributed by atoms with E-state index in [4.69, 9.17) is 0 Å². The molecule has 0 fully saturated rings. The third-order valence-corrected chi connectivity index (χ3v) is 5.64. The quantitative estimate of drug-likeness (QED) is 0.349. The van der Waals surface area contributed by atoms with E-state index in [2.05, 4.69) is 37.2 Å². The molecule has 0 N–H and O–H groups in total. The first kappa shape index (κ1) is 47.7. The largest absolute Gasteiger partial charge is 0.469 e. The number of hydrogen-bond donors (Lipinski definition) is 0. The number of sulfone groups is 1. The highest BCUT2D eigenvalue weighted by molar-refractivity contribution is 7.89. The molecular weight excluding hydrogens is 480 g/mol. The van der Waals surface area contributed by atoms with Crippen molar-refractivity contribution in [2.75, 3.05) is 26.7 Å². The van der Waals surface area contributed by atoms with Crippen LogP contribution in [0, 0.1) is 34.5 Å². The maximum Gasteiger partial charge on any atom is 0.311 e. The van der Waals surface area contributed by atoms with Crippen LogP contribution < -0.4 is 0 Å². The molecule has 0 aromatic carbocycles. The van der Waals surface area contributed by atoms with Gasteiger partial charge in [0.15, 0.2) is 0 Å². The van der Waals surface area contributed by atoms with E-state index in [9.17, 15) is 22.8 Å². The number of carbonyl (C=O) groups excluding carboxylic acids is 3. The molecule has 7 nitrogen and oxygen atoms in total. The van der Waals surface area contributed by atoms with Crippen LogP contribution >= 0.6 is 0 Å². The third kappa shape index (κ3) is 34.7. The molecule has 0 rings (SSSR count).